The fourth-order valence-corrected chi connectivity index (χ4v) is 2.69. The van der Waals surface area contributed by atoms with Crippen molar-refractivity contribution in [3.05, 3.63) is 0 Å². The van der Waals surface area contributed by atoms with Gasteiger partial charge in [0.05, 0.1) is 54.6 Å². The van der Waals surface area contributed by atoms with E-state index < -0.39 is 17.9 Å². The topological polar surface area (TPSA) is 115 Å². The number of nitrogens with zero attached hydrogens (tertiary/aromatic N) is 3. The SMILES string of the molecule is CCCCN(CCN(CCN(CC(=O)OC)CC(=O)OC)CC(=O)OC)CC(=O)OC. The minimum Gasteiger partial charge on any atom is -0.468 e. The molecule has 0 aromatic carbocycles. The molecule has 0 N–H and O–H groups in total. The van der Waals surface area contributed by atoms with Gasteiger partial charge in [-0.2, -0.15) is 0 Å². The Balaban J connectivity index is 5.06. The summed E-state index contributed by atoms with van der Waals surface area (Å²) in [7, 11) is 5.20. The molecular formula is C20H37N3O8. The number of hydrogen-bond acceptors (Lipinski definition) is 11. The number of methoxy groups -OCH3 is 4. The first kappa shape index (κ1) is 28.8. The lowest BCUT2D eigenvalue weighted by molar-refractivity contribution is -0.146. The van der Waals surface area contributed by atoms with Gasteiger partial charge in [-0.3, -0.25) is 33.9 Å². The number of rotatable bonds is 17. The van der Waals surface area contributed by atoms with Crippen LogP contribution in [0.15, 0.2) is 0 Å². The summed E-state index contributed by atoms with van der Waals surface area (Å²) >= 11 is 0. The molecule has 180 valence electrons. The predicted molar refractivity (Wildman–Crippen MR) is 112 cm³/mol. The molecule has 11 heteroatoms. The van der Waals surface area contributed by atoms with Crippen molar-refractivity contribution < 1.29 is 38.1 Å². The van der Waals surface area contributed by atoms with Crippen LogP contribution >= 0.6 is 0 Å². The smallest absolute Gasteiger partial charge is 0.319 e. The number of carbonyl (C=O) groups is 4. The van der Waals surface area contributed by atoms with Gasteiger partial charge >= 0.3 is 23.9 Å². The largest absolute Gasteiger partial charge is 0.468 e. The van der Waals surface area contributed by atoms with Crippen LogP contribution in [0.4, 0.5) is 0 Å². The van der Waals surface area contributed by atoms with Crippen LogP contribution in [0.3, 0.4) is 0 Å². The molecule has 0 aliphatic rings. The van der Waals surface area contributed by atoms with E-state index >= 15 is 0 Å². The van der Waals surface area contributed by atoms with E-state index in [1.807, 2.05) is 9.80 Å². The van der Waals surface area contributed by atoms with Gasteiger partial charge in [0.25, 0.3) is 0 Å². The maximum absolute atomic E-state index is 11.8. The lowest BCUT2D eigenvalue weighted by atomic mass is 10.3. The quantitative estimate of drug-likeness (QED) is 0.210. The second-order valence-electron chi connectivity index (χ2n) is 6.92. The van der Waals surface area contributed by atoms with E-state index in [4.69, 9.17) is 9.47 Å². The molecule has 31 heavy (non-hydrogen) atoms. The summed E-state index contributed by atoms with van der Waals surface area (Å²) in [6.45, 7) is 4.59. The molecule has 0 aliphatic carbocycles. The van der Waals surface area contributed by atoms with E-state index in [-0.39, 0.29) is 32.1 Å². The number of hydrogen-bond donors (Lipinski definition) is 0. The molecule has 11 nitrogen and oxygen atoms in total. The molecule has 0 rings (SSSR count). The third-order valence-corrected chi connectivity index (χ3v) is 4.61. The Morgan fingerprint density at radius 1 is 0.516 bits per heavy atom. The summed E-state index contributed by atoms with van der Waals surface area (Å²) in [5.41, 5.74) is 0. The van der Waals surface area contributed by atoms with Gasteiger partial charge in [-0.1, -0.05) is 13.3 Å². The maximum Gasteiger partial charge on any atom is 0.319 e. The number of esters is 4. The van der Waals surface area contributed by atoms with Crippen LogP contribution in [0, 0.1) is 0 Å². The van der Waals surface area contributed by atoms with Crippen LogP contribution in [-0.4, -0.2) is 126 Å². The maximum atomic E-state index is 11.8. The lowest BCUT2D eigenvalue weighted by Gasteiger charge is -2.28. The van der Waals surface area contributed by atoms with Gasteiger partial charge in [0, 0.05) is 26.2 Å². The van der Waals surface area contributed by atoms with Crippen molar-refractivity contribution in [3.63, 3.8) is 0 Å². The van der Waals surface area contributed by atoms with Crippen LogP contribution in [-0.2, 0) is 38.1 Å². The average molecular weight is 448 g/mol. The minimum atomic E-state index is -0.479. The summed E-state index contributed by atoms with van der Waals surface area (Å²) in [4.78, 5) is 52.2. The Hall–Kier alpha value is -2.24. The van der Waals surface area contributed by atoms with Crippen molar-refractivity contribution in [2.24, 2.45) is 0 Å². The zero-order valence-corrected chi connectivity index (χ0v) is 19.4. The summed E-state index contributed by atoms with van der Waals surface area (Å²) in [5.74, 6) is -1.68. The summed E-state index contributed by atoms with van der Waals surface area (Å²) in [6, 6.07) is 0. The molecule has 0 spiro atoms. The first-order chi connectivity index (χ1) is 14.8. The normalized spacial score (nSPS) is 11.0. The highest BCUT2D eigenvalue weighted by Gasteiger charge is 2.19. The van der Waals surface area contributed by atoms with Gasteiger partial charge < -0.3 is 18.9 Å². The van der Waals surface area contributed by atoms with Gasteiger partial charge in [0.15, 0.2) is 0 Å². The van der Waals surface area contributed by atoms with E-state index in [1.54, 1.807) is 4.90 Å². The third kappa shape index (κ3) is 14.4. The summed E-state index contributed by atoms with van der Waals surface area (Å²) in [5, 5.41) is 0. The Labute approximate surface area is 184 Å². The lowest BCUT2D eigenvalue weighted by Crippen LogP contribution is -2.45. The minimum absolute atomic E-state index is 0.0423. The molecule has 0 atom stereocenters. The zero-order chi connectivity index (χ0) is 23.6. The Bertz CT molecular complexity index is 541. The Morgan fingerprint density at radius 2 is 0.806 bits per heavy atom. The fraction of sp³-hybridized carbons (Fsp3) is 0.800. The van der Waals surface area contributed by atoms with Crippen molar-refractivity contribution >= 4 is 23.9 Å². The summed E-state index contributed by atoms with van der Waals surface area (Å²) < 4.78 is 18.9. The van der Waals surface area contributed by atoms with Gasteiger partial charge in [-0.15, -0.1) is 0 Å². The number of ether oxygens (including phenoxy) is 4. The first-order valence-corrected chi connectivity index (χ1v) is 10.2. The van der Waals surface area contributed by atoms with Gasteiger partial charge in [0.2, 0.25) is 0 Å². The molecule has 0 fully saturated rings. The van der Waals surface area contributed by atoms with Gasteiger partial charge in [-0.05, 0) is 13.0 Å². The molecule has 0 aliphatic heterocycles. The van der Waals surface area contributed by atoms with E-state index in [0.717, 1.165) is 19.4 Å². The molecule has 0 saturated heterocycles. The summed E-state index contributed by atoms with van der Waals surface area (Å²) in [6.07, 6.45) is 1.92. The molecule has 0 radical (unpaired) electrons. The number of unbranched alkanes of at least 4 members (excludes halogenated alkanes) is 1. The predicted octanol–water partition coefficient (Wildman–Crippen LogP) is -0.615. The van der Waals surface area contributed by atoms with Crippen LogP contribution < -0.4 is 0 Å². The molecule has 0 heterocycles. The highest BCUT2D eigenvalue weighted by Crippen LogP contribution is 2.00. The highest BCUT2D eigenvalue weighted by atomic mass is 16.5. The molecule has 0 bridgehead atoms. The van der Waals surface area contributed by atoms with E-state index in [2.05, 4.69) is 16.4 Å². The monoisotopic (exact) mass is 447 g/mol. The molecule has 0 saturated carbocycles. The molecule has 0 aromatic heterocycles. The van der Waals surface area contributed by atoms with Gasteiger partial charge in [0.1, 0.15) is 0 Å². The van der Waals surface area contributed by atoms with E-state index in [9.17, 15) is 19.2 Å². The van der Waals surface area contributed by atoms with Crippen molar-refractivity contribution in [3.8, 4) is 0 Å². The zero-order valence-electron chi connectivity index (χ0n) is 19.4. The third-order valence-electron chi connectivity index (χ3n) is 4.61. The highest BCUT2D eigenvalue weighted by molar-refractivity contribution is 5.75. The number of carbonyl (C=O) groups excluding carboxylic acids is 4. The van der Waals surface area contributed by atoms with Crippen LogP contribution in [0.1, 0.15) is 19.8 Å². The molecule has 0 unspecified atom stereocenters. The van der Waals surface area contributed by atoms with Gasteiger partial charge in [-0.25, -0.2) is 0 Å². The van der Waals surface area contributed by atoms with E-state index in [0.29, 0.717) is 26.2 Å². The van der Waals surface area contributed by atoms with Crippen molar-refractivity contribution in [2.45, 2.75) is 19.8 Å². The van der Waals surface area contributed by atoms with Crippen LogP contribution in [0.25, 0.3) is 0 Å². The Kier molecular flexibility index (Phi) is 16.2. The Morgan fingerprint density at radius 3 is 1.13 bits per heavy atom. The second-order valence-corrected chi connectivity index (χ2v) is 6.92. The van der Waals surface area contributed by atoms with Crippen molar-refractivity contribution in [2.75, 3.05) is 87.3 Å². The van der Waals surface area contributed by atoms with Crippen molar-refractivity contribution in [1.82, 2.24) is 14.7 Å². The second kappa shape index (κ2) is 17.4. The first-order valence-electron chi connectivity index (χ1n) is 10.2. The van der Waals surface area contributed by atoms with Crippen LogP contribution in [0.2, 0.25) is 0 Å². The molecule has 0 amide bonds. The standard InChI is InChI=1S/C20H37N3O8/c1-6-7-8-21(13-17(24)28-2)9-10-22(14-18(25)29-3)11-12-23(15-19(26)30-4)16-20(27)31-5/h6-16H2,1-5H3. The molecule has 0 aromatic rings. The average Bonchev–Trinajstić information content (AvgIpc) is 2.77. The molecular weight excluding hydrogens is 410 g/mol. The fourth-order valence-electron chi connectivity index (χ4n) is 2.69. The van der Waals surface area contributed by atoms with E-state index in [1.165, 1.54) is 28.4 Å². The van der Waals surface area contributed by atoms with Crippen molar-refractivity contribution in [1.29, 1.82) is 0 Å². The van der Waals surface area contributed by atoms with Crippen LogP contribution in [0.5, 0.6) is 0 Å².